The number of hydrogen-bond acceptors (Lipinski definition) is 5. The number of hydrogen-bond donors (Lipinski definition) is 1. The van der Waals surface area contributed by atoms with E-state index < -0.39 is 16.1 Å². The SMILES string of the molecule is CC(O)C(C)SCC(=O)N1CCN(S(C)(=O)=O)CC1. The normalized spacial score (nSPS) is 21.2. The fraction of sp³-hybridized carbons (Fsp3) is 0.909. The zero-order valence-electron chi connectivity index (χ0n) is 11.6. The van der Waals surface area contributed by atoms with E-state index in [-0.39, 0.29) is 11.2 Å². The topological polar surface area (TPSA) is 77.9 Å². The molecule has 0 bridgehead atoms. The van der Waals surface area contributed by atoms with Crippen LogP contribution in [0.3, 0.4) is 0 Å². The van der Waals surface area contributed by atoms with Crippen LogP contribution in [-0.2, 0) is 14.8 Å². The van der Waals surface area contributed by atoms with Crippen LogP contribution in [0, 0.1) is 0 Å². The molecule has 1 heterocycles. The van der Waals surface area contributed by atoms with E-state index in [1.165, 1.54) is 22.3 Å². The molecule has 1 N–H and O–H groups in total. The van der Waals surface area contributed by atoms with E-state index in [9.17, 15) is 18.3 Å². The second kappa shape index (κ2) is 6.92. The number of aliphatic hydroxyl groups excluding tert-OH is 1. The quantitative estimate of drug-likeness (QED) is 0.747. The first-order chi connectivity index (χ1) is 8.71. The number of carbonyl (C=O) groups is 1. The third-order valence-electron chi connectivity index (χ3n) is 3.21. The average Bonchev–Trinajstić information content (AvgIpc) is 2.34. The molecule has 1 saturated heterocycles. The molecule has 0 aliphatic carbocycles. The van der Waals surface area contributed by atoms with E-state index in [1.807, 2.05) is 6.92 Å². The van der Waals surface area contributed by atoms with Gasteiger partial charge in [0, 0.05) is 31.4 Å². The van der Waals surface area contributed by atoms with Gasteiger partial charge < -0.3 is 10.0 Å². The van der Waals surface area contributed by atoms with E-state index in [0.29, 0.717) is 31.9 Å². The molecule has 0 aromatic carbocycles. The van der Waals surface area contributed by atoms with Crippen LogP contribution in [0.15, 0.2) is 0 Å². The summed E-state index contributed by atoms with van der Waals surface area (Å²) in [5.74, 6) is 0.330. The van der Waals surface area contributed by atoms with Gasteiger partial charge >= 0.3 is 0 Å². The van der Waals surface area contributed by atoms with Crippen molar-refractivity contribution in [1.82, 2.24) is 9.21 Å². The maximum Gasteiger partial charge on any atom is 0.232 e. The Hall–Kier alpha value is -0.310. The highest BCUT2D eigenvalue weighted by Gasteiger charge is 2.26. The van der Waals surface area contributed by atoms with Crippen molar-refractivity contribution >= 4 is 27.7 Å². The smallest absolute Gasteiger partial charge is 0.232 e. The molecule has 0 spiro atoms. The molecule has 0 saturated carbocycles. The Morgan fingerprint density at radius 3 is 2.21 bits per heavy atom. The lowest BCUT2D eigenvalue weighted by Gasteiger charge is -2.33. The molecule has 1 aliphatic heterocycles. The molecule has 0 aromatic heterocycles. The summed E-state index contributed by atoms with van der Waals surface area (Å²) in [5, 5.41) is 9.36. The molecule has 1 amide bonds. The van der Waals surface area contributed by atoms with Crippen LogP contribution in [-0.4, -0.2) is 78.2 Å². The molecule has 0 aromatic rings. The molecule has 1 rings (SSSR count). The van der Waals surface area contributed by atoms with Crippen LogP contribution in [0.4, 0.5) is 0 Å². The molecular weight excluding hydrogens is 288 g/mol. The van der Waals surface area contributed by atoms with Crippen LogP contribution >= 0.6 is 11.8 Å². The van der Waals surface area contributed by atoms with Gasteiger partial charge in [-0.1, -0.05) is 6.92 Å². The first-order valence-electron chi connectivity index (χ1n) is 6.24. The summed E-state index contributed by atoms with van der Waals surface area (Å²) in [7, 11) is -3.15. The van der Waals surface area contributed by atoms with Gasteiger partial charge in [0.2, 0.25) is 15.9 Å². The van der Waals surface area contributed by atoms with Crippen LogP contribution in [0.1, 0.15) is 13.8 Å². The predicted octanol–water partition coefficient (Wildman–Crippen LogP) is -0.407. The van der Waals surface area contributed by atoms with E-state index >= 15 is 0 Å². The molecule has 2 atom stereocenters. The summed E-state index contributed by atoms with van der Waals surface area (Å²) in [5.41, 5.74) is 0. The summed E-state index contributed by atoms with van der Waals surface area (Å²) in [6.45, 7) is 5.19. The number of aliphatic hydroxyl groups is 1. The van der Waals surface area contributed by atoms with Gasteiger partial charge in [-0.25, -0.2) is 8.42 Å². The molecule has 19 heavy (non-hydrogen) atoms. The Bertz CT molecular complexity index is 403. The fourth-order valence-electron chi connectivity index (χ4n) is 1.70. The van der Waals surface area contributed by atoms with Crippen molar-refractivity contribution in [2.45, 2.75) is 25.2 Å². The Kier molecular flexibility index (Phi) is 6.10. The van der Waals surface area contributed by atoms with Crippen LogP contribution in [0.25, 0.3) is 0 Å². The number of rotatable bonds is 5. The van der Waals surface area contributed by atoms with Crippen molar-refractivity contribution in [3.63, 3.8) is 0 Å². The zero-order valence-corrected chi connectivity index (χ0v) is 13.2. The predicted molar refractivity (Wildman–Crippen MR) is 76.6 cm³/mol. The highest BCUT2D eigenvalue weighted by molar-refractivity contribution is 8.00. The number of piperazine rings is 1. The molecule has 1 fully saturated rings. The lowest BCUT2D eigenvalue weighted by molar-refractivity contribution is -0.129. The van der Waals surface area contributed by atoms with E-state index in [4.69, 9.17) is 0 Å². The maximum atomic E-state index is 11.9. The van der Waals surface area contributed by atoms with Gasteiger partial charge in [-0.2, -0.15) is 4.31 Å². The van der Waals surface area contributed by atoms with Crippen molar-refractivity contribution in [2.24, 2.45) is 0 Å². The fourth-order valence-corrected chi connectivity index (χ4v) is 3.40. The third-order valence-corrected chi connectivity index (χ3v) is 5.85. The van der Waals surface area contributed by atoms with Gasteiger partial charge in [0.1, 0.15) is 0 Å². The highest BCUT2D eigenvalue weighted by Crippen LogP contribution is 2.15. The molecule has 6 nitrogen and oxygen atoms in total. The van der Waals surface area contributed by atoms with Crippen molar-refractivity contribution in [3.05, 3.63) is 0 Å². The first kappa shape index (κ1) is 16.7. The van der Waals surface area contributed by atoms with E-state index in [0.717, 1.165) is 0 Å². The Morgan fingerprint density at radius 2 is 1.79 bits per heavy atom. The lowest BCUT2D eigenvalue weighted by Crippen LogP contribution is -2.50. The van der Waals surface area contributed by atoms with Gasteiger partial charge in [0.25, 0.3) is 0 Å². The molecule has 112 valence electrons. The molecule has 1 aliphatic rings. The molecular formula is C11H22N2O4S2. The van der Waals surface area contributed by atoms with Gasteiger partial charge in [-0.15, -0.1) is 11.8 Å². The van der Waals surface area contributed by atoms with Crippen molar-refractivity contribution in [2.75, 3.05) is 38.2 Å². The van der Waals surface area contributed by atoms with Crippen LogP contribution < -0.4 is 0 Å². The van der Waals surface area contributed by atoms with Crippen molar-refractivity contribution in [1.29, 1.82) is 0 Å². The minimum atomic E-state index is -3.15. The number of carbonyl (C=O) groups excluding carboxylic acids is 1. The van der Waals surface area contributed by atoms with Gasteiger partial charge in [0.05, 0.1) is 18.1 Å². The zero-order chi connectivity index (χ0) is 14.6. The van der Waals surface area contributed by atoms with Gasteiger partial charge in [-0.3, -0.25) is 4.79 Å². The number of amides is 1. The minimum Gasteiger partial charge on any atom is -0.392 e. The molecule has 2 unspecified atom stereocenters. The third kappa shape index (κ3) is 5.29. The average molecular weight is 310 g/mol. The van der Waals surface area contributed by atoms with Gasteiger partial charge in [-0.05, 0) is 6.92 Å². The monoisotopic (exact) mass is 310 g/mol. The number of thioether (sulfide) groups is 1. The summed E-state index contributed by atoms with van der Waals surface area (Å²) in [6, 6.07) is 0. The summed E-state index contributed by atoms with van der Waals surface area (Å²) < 4.78 is 24.1. The second-order valence-electron chi connectivity index (χ2n) is 4.80. The Morgan fingerprint density at radius 1 is 1.26 bits per heavy atom. The second-order valence-corrected chi connectivity index (χ2v) is 8.15. The van der Waals surface area contributed by atoms with Crippen LogP contribution in [0.5, 0.6) is 0 Å². The van der Waals surface area contributed by atoms with Crippen LogP contribution in [0.2, 0.25) is 0 Å². The molecule has 0 radical (unpaired) electrons. The van der Waals surface area contributed by atoms with E-state index in [2.05, 4.69) is 0 Å². The van der Waals surface area contributed by atoms with Crippen molar-refractivity contribution < 1.29 is 18.3 Å². The number of nitrogens with zero attached hydrogens (tertiary/aromatic N) is 2. The lowest BCUT2D eigenvalue weighted by atomic mass is 10.3. The minimum absolute atomic E-state index is 0.00523. The van der Waals surface area contributed by atoms with Gasteiger partial charge in [0.15, 0.2) is 0 Å². The summed E-state index contributed by atoms with van der Waals surface area (Å²) in [6.07, 6.45) is 0.741. The molecule has 8 heteroatoms. The van der Waals surface area contributed by atoms with Crippen molar-refractivity contribution in [3.8, 4) is 0 Å². The van der Waals surface area contributed by atoms with E-state index in [1.54, 1.807) is 11.8 Å². The number of sulfonamides is 1. The largest absolute Gasteiger partial charge is 0.392 e. The first-order valence-corrected chi connectivity index (χ1v) is 9.14. The Labute approximate surface area is 119 Å². The maximum absolute atomic E-state index is 11.9. The Balaban J connectivity index is 2.37. The standard InChI is InChI=1S/C11H22N2O4S2/c1-9(14)10(2)18-8-11(15)12-4-6-13(7-5-12)19(3,16)17/h9-10,14H,4-8H2,1-3H3. The summed E-state index contributed by atoms with van der Waals surface area (Å²) in [4.78, 5) is 13.6. The summed E-state index contributed by atoms with van der Waals surface area (Å²) >= 11 is 1.42. The highest BCUT2D eigenvalue weighted by atomic mass is 32.2.